The van der Waals surface area contributed by atoms with E-state index >= 15 is 0 Å². The molecule has 0 amide bonds. The zero-order valence-corrected chi connectivity index (χ0v) is 25.6. The summed E-state index contributed by atoms with van der Waals surface area (Å²) in [7, 11) is 0. The van der Waals surface area contributed by atoms with Gasteiger partial charge in [-0.25, -0.2) is 4.79 Å². The summed E-state index contributed by atoms with van der Waals surface area (Å²) in [5.74, 6) is 2.73. The largest absolute Gasteiger partial charge is 0.458 e. The lowest BCUT2D eigenvalue weighted by atomic mass is 9.41. The van der Waals surface area contributed by atoms with Crippen LogP contribution in [0.4, 0.5) is 0 Å². The molecule has 0 saturated heterocycles. The number of hydrogen-bond donors (Lipinski definition) is 2. The van der Waals surface area contributed by atoms with Crippen molar-refractivity contribution in [1.82, 2.24) is 4.98 Å². The number of aromatic nitrogens is 1. The van der Waals surface area contributed by atoms with E-state index in [4.69, 9.17) is 4.74 Å². The van der Waals surface area contributed by atoms with Gasteiger partial charge in [-0.05, 0) is 117 Å². The van der Waals surface area contributed by atoms with Crippen molar-refractivity contribution in [3.05, 3.63) is 47.3 Å². The average Bonchev–Trinajstić information content (AvgIpc) is 3.75. The Kier molecular flexibility index (Phi) is 6.86. The van der Waals surface area contributed by atoms with Gasteiger partial charge in [0.15, 0.2) is 5.78 Å². The van der Waals surface area contributed by atoms with Gasteiger partial charge in [-0.2, -0.15) is 0 Å². The fraction of sp³-hybridized carbons (Fsp3) is 0.694. The molecule has 6 nitrogen and oxygen atoms in total. The topological polar surface area (TPSA) is 96.7 Å². The van der Waals surface area contributed by atoms with E-state index in [-0.39, 0.29) is 47.6 Å². The van der Waals surface area contributed by atoms with Crippen molar-refractivity contribution in [2.45, 2.75) is 91.3 Å². The summed E-state index contributed by atoms with van der Waals surface area (Å²) in [6.45, 7) is 8.67. The van der Waals surface area contributed by atoms with Crippen LogP contribution in [0.5, 0.6) is 0 Å². The molecule has 4 saturated carbocycles. The molecule has 2 N–H and O–H groups in total. The SMILES string of the molecule is CC1=C(CO)C(=O)O[C@@H]([C@@H](C)[C@H]2CC[C@H]3[C@@H]4C[C@@H](C5CC5)C5[C@@H](O)C=C(c6ccccn6)C(=O)[C@]5(C)[C@H]4CC[C@]23C)C1. The van der Waals surface area contributed by atoms with Crippen molar-refractivity contribution in [1.29, 1.82) is 0 Å². The predicted molar refractivity (Wildman–Crippen MR) is 160 cm³/mol. The van der Waals surface area contributed by atoms with Crippen LogP contribution in [-0.4, -0.2) is 45.8 Å². The lowest BCUT2D eigenvalue weighted by Gasteiger charge is -2.62. The van der Waals surface area contributed by atoms with Crippen molar-refractivity contribution in [3.8, 4) is 0 Å². The van der Waals surface area contributed by atoms with Gasteiger partial charge in [-0.1, -0.05) is 32.4 Å². The van der Waals surface area contributed by atoms with Crippen LogP contribution in [0.3, 0.4) is 0 Å². The Bertz CT molecular complexity index is 1330. The van der Waals surface area contributed by atoms with E-state index in [1.807, 2.05) is 31.2 Å². The van der Waals surface area contributed by atoms with E-state index in [1.54, 1.807) is 6.20 Å². The van der Waals surface area contributed by atoms with Gasteiger partial charge in [-0.15, -0.1) is 0 Å². The summed E-state index contributed by atoms with van der Waals surface area (Å²) in [5, 5.41) is 21.4. The molecule has 226 valence electrons. The van der Waals surface area contributed by atoms with Gasteiger partial charge >= 0.3 is 5.97 Å². The van der Waals surface area contributed by atoms with E-state index in [1.165, 1.54) is 12.8 Å². The van der Waals surface area contributed by atoms with Crippen LogP contribution in [0.25, 0.3) is 5.57 Å². The van der Waals surface area contributed by atoms with Crippen molar-refractivity contribution in [3.63, 3.8) is 0 Å². The Morgan fingerprint density at radius 2 is 1.86 bits per heavy atom. The molecule has 2 heterocycles. The predicted octanol–water partition coefficient (Wildman–Crippen LogP) is 5.78. The van der Waals surface area contributed by atoms with Gasteiger partial charge in [0.05, 0.1) is 24.0 Å². The second-order valence-electron chi connectivity index (χ2n) is 15.2. The Morgan fingerprint density at radius 3 is 2.52 bits per heavy atom. The molecule has 6 heteroatoms. The molecule has 5 aliphatic carbocycles. The molecule has 6 aliphatic rings. The van der Waals surface area contributed by atoms with Crippen LogP contribution in [0, 0.1) is 58.2 Å². The molecule has 42 heavy (non-hydrogen) atoms. The highest BCUT2D eigenvalue weighted by Crippen LogP contribution is 2.70. The number of aliphatic hydroxyl groups excluding tert-OH is 2. The van der Waals surface area contributed by atoms with Crippen LogP contribution in [0.15, 0.2) is 41.6 Å². The van der Waals surface area contributed by atoms with E-state index in [0.717, 1.165) is 37.7 Å². The van der Waals surface area contributed by atoms with Crippen molar-refractivity contribution in [2.24, 2.45) is 58.2 Å². The number of allylic oxidation sites excluding steroid dienone is 1. The lowest BCUT2D eigenvalue weighted by molar-refractivity contribution is -0.169. The van der Waals surface area contributed by atoms with Gasteiger partial charge in [0.25, 0.3) is 0 Å². The number of fused-ring (bicyclic) bond motifs is 5. The highest BCUT2D eigenvalue weighted by Gasteiger charge is 2.67. The molecular formula is C36H47NO5. The quantitative estimate of drug-likeness (QED) is 0.434. The second-order valence-corrected chi connectivity index (χ2v) is 15.2. The molecule has 1 aromatic heterocycles. The molecule has 0 spiro atoms. The summed E-state index contributed by atoms with van der Waals surface area (Å²) in [5.41, 5.74) is 2.20. The van der Waals surface area contributed by atoms with Gasteiger partial charge in [0.1, 0.15) is 6.10 Å². The van der Waals surface area contributed by atoms with Crippen molar-refractivity contribution < 1.29 is 24.5 Å². The summed E-state index contributed by atoms with van der Waals surface area (Å²) in [6.07, 6.45) is 11.4. The first-order valence-electron chi connectivity index (χ1n) is 16.5. The zero-order valence-electron chi connectivity index (χ0n) is 25.6. The molecule has 0 bridgehead atoms. The number of carbonyl (C=O) groups is 2. The summed E-state index contributed by atoms with van der Waals surface area (Å²) in [6, 6.07) is 5.69. The maximum Gasteiger partial charge on any atom is 0.336 e. The molecule has 1 aliphatic heterocycles. The smallest absolute Gasteiger partial charge is 0.336 e. The van der Waals surface area contributed by atoms with Gasteiger partial charge in [0.2, 0.25) is 0 Å². The minimum absolute atomic E-state index is 0.0242. The number of Topliss-reactive ketones (excluding diaryl/α,β-unsaturated/α-hetero) is 1. The van der Waals surface area contributed by atoms with Crippen LogP contribution < -0.4 is 0 Å². The second kappa shape index (κ2) is 10.1. The first kappa shape index (κ1) is 28.5. The summed E-state index contributed by atoms with van der Waals surface area (Å²) < 4.78 is 5.95. The Hall–Kier alpha value is -2.31. The number of ether oxygens (including phenoxy) is 1. The van der Waals surface area contributed by atoms with Gasteiger partial charge in [-0.3, -0.25) is 9.78 Å². The van der Waals surface area contributed by atoms with Crippen molar-refractivity contribution in [2.75, 3.05) is 6.61 Å². The monoisotopic (exact) mass is 573 g/mol. The highest BCUT2D eigenvalue weighted by molar-refractivity contribution is 6.23. The number of pyridine rings is 1. The fourth-order valence-corrected chi connectivity index (χ4v) is 11.3. The molecule has 7 rings (SSSR count). The highest BCUT2D eigenvalue weighted by atomic mass is 16.5. The maximum atomic E-state index is 14.6. The fourth-order valence-electron chi connectivity index (χ4n) is 11.3. The van der Waals surface area contributed by atoms with Crippen LogP contribution >= 0.6 is 0 Å². The number of nitrogens with zero attached hydrogens (tertiary/aromatic N) is 1. The first-order chi connectivity index (χ1) is 20.1. The Morgan fingerprint density at radius 1 is 1.07 bits per heavy atom. The first-order valence-corrected chi connectivity index (χ1v) is 16.5. The number of carbonyl (C=O) groups excluding carboxylic acids is 2. The third kappa shape index (κ3) is 4.07. The standard InChI is InChI=1S/C36H47NO5/c1-19-15-31(42-34(41)25(19)18-38)20(2)26-10-11-27-23-16-22(21-8-9-21)32-30(39)17-24(29-7-5-6-14-37-29)33(40)36(32,4)28(23)12-13-35(26,27)3/h5-7,14,17,20-23,26-28,30-32,38-39H,8-13,15-16,18H2,1-4H3/t20-,22-,23-,26+,27-,28-,30-,31+,32?,35+,36+/m0/s1. The van der Waals surface area contributed by atoms with E-state index in [9.17, 15) is 19.8 Å². The molecule has 11 atom stereocenters. The molecular weight excluding hydrogens is 526 g/mol. The number of ketones is 1. The van der Waals surface area contributed by atoms with E-state index < -0.39 is 11.5 Å². The van der Waals surface area contributed by atoms with Crippen LogP contribution in [-0.2, 0) is 14.3 Å². The van der Waals surface area contributed by atoms with Crippen LogP contribution in [0.2, 0.25) is 0 Å². The summed E-state index contributed by atoms with van der Waals surface area (Å²) >= 11 is 0. The van der Waals surface area contributed by atoms with Crippen molar-refractivity contribution >= 4 is 17.3 Å². The molecule has 1 unspecified atom stereocenters. The van der Waals surface area contributed by atoms with Gasteiger partial charge in [0, 0.05) is 29.5 Å². The minimum Gasteiger partial charge on any atom is -0.458 e. The van der Waals surface area contributed by atoms with E-state index in [2.05, 4.69) is 25.8 Å². The third-order valence-corrected chi connectivity index (χ3v) is 13.5. The Labute approximate surface area is 250 Å². The lowest BCUT2D eigenvalue weighted by Crippen LogP contribution is -2.62. The molecule has 0 radical (unpaired) electrons. The van der Waals surface area contributed by atoms with Crippen LogP contribution in [0.1, 0.15) is 84.8 Å². The molecule has 1 aromatic rings. The molecule has 0 aromatic carbocycles. The Balaban J connectivity index is 1.21. The number of cyclic esters (lactones) is 1. The number of aliphatic hydroxyl groups is 2. The average molecular weight is 574 g/mol. The zero-order chi connectivity index (χ0) is 29.6. The molecule has 4 fully saturated rings. The maximum absolute atomic E-state index is 14.6. The number of esters is 1. The number of rotatable bonds is 5. The summed E-state index contributed by atoms with van der Waals surface area (Å²) in [4.78, 5) is 31.9. The normalized spacial score (nSPS) is 44.1. The minimum atomic E-state index is -0.623. The van der Waals surface area contributed by atoms with Gasteiger partial charge < -0.3 is 14.9 Å². The van der Waals surface area contributed by atoms with E-state index in [0.29, 0.717) is 52.9 Å². The third-order valence-electron chi connectivity index (χ3n) is 13.5. The number of hydrogen-bond acceptors (Lipinski definition) is 6.